The molecular formula is C18H18ClNO. The first-order chi connectivity index (χ1) is 10.1. The van der Waals surface area contributed by atoms with Gasteiger partial charge in [0.05, 0.1) is 11.4 Å². The molecule has 2 atom stereocenters. The zero-order valence-electron chi connectivity index (χ0n) is 12.2. The highest BCUT2D eigenvalue weighted by molar-refractivity contribution is 6.21. The molecule has 0 aliphatic heterocycles. The predicted molar refractivity (Wildman–Crippen MR) is 85.9 cm³/mol. The molecule has 0 heterocycles. The van der Waals surface area contributed by atoms with Gasteiger partial charge in [0.2, 0.25) is 0 Å². The lowest BCUT2D eigenvalue weighted by atomic mass is 10.0. The molecule has 0 radical (unpaired) electrons. The van der Waals surface area contributed by atoms with Crippen molar-refractivity contribution >= 4 is 17.5 Å². The van der Waals surface area contributed by atoms with Crippen LogP contribution in [-0.2, 0) is 6.42 Å². The summed E-state index contributed by atoms with van der Waals surface area (Å²) >= 11 is 6.43. The third-order valence-corrected chi connectivity index (χ3v) is 4.71. The lowest BCUT2D eigenvalue weighted by Gasteiger charge is -2.18. The summed E-state index contributed by atoms with van der Waals surface area (Å²) in [5.41, 5.74) is 5.23. The van der Waals surface area contributed by atoms with Gasteiger partial charge in [0.25, 0.3) is 5.91 Å². The van der Waals surface area contributed by atoms with Gasteiger partial charge in [-0.3, -0.25) is 4.79 Å². The summed E-state index contributed by atoms with van der Waals surface area (Å²) < 4.78 is 0. The molecule has 0 saturated carbocycles. The Morgan fingerprint density at radius 2 is 1.90 bits per heavy atom. The van der Waals surface area contributed by atoms with E-state index in [1.807, 2.05) is 50.2 Å². The first-order valence-corrected chi connectivity index (χ1v) is 7.60. The van der Waals surface area contributed by atoms with Gasteiger partial charge >= 0.3 is 0 Å². The number of benzene rings is 2. The zero-order chi connectivity index (χ0) is 15.0. The number of aryl methyl sites for hydroxylation is 1. The third kappa shape index (κ3) is 2.56. The number of hydrogen-bond acceptors (Lipinski definition) is 1. The summed E-state index contributed by atoms with van der Waals surface area (Å²) in [5.74, 6) is -0.0523. The standard InChI is InChI=1S/C18H18ClNO/c1-11-6-5-9-14(12(11)2)18(21)20-17-15-8-4-3-7-13(15)10-16(17)19/h3-9,16-17H,10H2,1-2H3,(H,20,21). The molecule has 1 aliphatic carbocycles. The van der Waals surface area contributed by atoms with Crippen LogP contribution in [0, 0.1) is 13.8 Å². The minimum atomic E-state index is -0.115. The van der Waals surface area contributed by atoms with Crippen LogP contribution in [-0.4, -0.2) is 11.3 Å². The fourth-order valence-electron chi connectivity index (χ4n) is 2.93. The summed E-state index contributed by atoms with van der Waals surface area (Å²) in [4.78, 5) is 12.6. The second-order valence-corrected chi connectivity index (χ2v) is 6.18. The van der Waals surface area contributed by atoms with E-state index in [0.29, 0.717) is 0 Å². The van der Waals surface area contributed by atoms with E-state index in [0.717, 1.165) is 28.7 Å². The molecule has 1 N–H and O–H groups in total. The van der Waals surface area contributed by atoms with Crippen molar-refractivity contribution < 1.29 is 4.79 Å². The molecule has 2 unspecified atom stereocenters. The minimum Gasteiger partial charge on any atom is -0.344 e. The Hall–Kier alpha value is -1.80. The molecule has 0 bridgehead atoms. The van der Waals surface area contributed by atoms with E-state index in [1.165, 1.54) is 5.56 Å². The fourth-order valence-corrected chi connectivity index (χ4v) is 3.30. The normalized spacial score (nSPS) is 20.1. The van der Waals surface area contributed by atoms with Crippen molar-refractivity contribution in [2.45, 2.75) is 31.7 Å². The summed E-state index contributed by atoms with van der Waals surface area (Å²) in [6.07, 6.45) is 0.801. The summed E-state index contributed by atoms with van der Waals surface area (Å²) in [5, 5.41) is 3.01. The molecule has 21 heavy (non-hydrogen) atoms. The number of carbonyl (C=O) groups is 1. The van der Waals surface area contributed by atoms with Crippen LogP contribution in [0.25, 0.3) is 0 Å². The van der Waals surface area contributed by atoms with Gasteiger partial charge in [0, 0.05) is 5.56 Å². The largest absolute Gasteiger partial charge is 0.344 e. The molecule has 0 saturated heterocycles. The van der Waals surface area contributed by atoms with Gasteiger partial charge in [0.1, 0.15) is 0 Å². The lowest BCUT2D eigenvalue weighted by Crippen LogP contribution is -2.32. The lowest BCUT2D eigenvalue weighted by molar-refractivity contribution is 0.0936. The highest BCUT2D eigenvalue weighted by Crippen LogP contribution is 2.34. The SMILES string of the molecule is Cc1cccc(C(=O)NC2c3ccccc3CC2Cl)c1C. The van der Waals surface area contributed by atoms with E-state index in [-0.39, 0.29) is 17.3 Å². The summed E-state index contributed by atoms with van der Waals surface area (Å²) in [6.45, 7) is 3.99. The van der Waals surface area contributed by atoms with E-state index in [1.54, 1.807) is 0 Å². The molecule has 3 heteroatoms. The number of hydrogen-bond donors (Lipinski definition) is 1. The van der Waals surface area contributed by atoms with Gasteiger partial charge in [-0.2, -0.15) is 0 Å². The molecule has 1 aliphatic rings. The molecule has 3 rings (SSSR count). The number of alkyl halides is 1. The van der Waals surface area contributed by atoms with Crippen LogP contribution in [0.2, 0.25) is 0 Å². The topological polar surface area (TPSA) is 29.1 Å². The monoisotopic (exact) mass is 299 g/mol. The predicted octanol–water partition coefficient (Wildman–Crippen LogP) is 3.94. The molecule has 0 aromatic heterocycles. The number of rotatable bonds is 2. The van der Waals surface area contributed by atoms with Crippen LogP contribution >= 0.6 is 11.6 Å². The second-order valence-electron chi connectivity index (χ2n) is 5.62. The minimum absolute atomic E-state index is 0.0523. The van der Waals surface area contributed by atoms with Crippen molar-refractivity contribution in [1.29, 1.82) is 0 Å². The number of nitrogens with one attached hydrogen (secondary N) is 1. The molecule has 2 aromatic rings. The van der Waals surface area contributed by atoms with Crippen molar-refractivity contribution in [3.8, 4) is 0 Å². The van der Waals surface area contributed by atoms with Crippen LogP contribution in [0.3, 0.4) is 0 Å². The molecule has 1 amide bonds. The van der Waals surface area contributed by atoms with Crippen LogP contribution in [0.4, 0.5) is 0 Å². The van der Waals surface area contributed by atoms with E-state index < -0.39 is 0 Å². The highest BCUT2D eigenvalue weighted by Gasteiger charge is 2.32. The Kier molecular flexibility index (Phi) is 3.73. The molecule has 0 spiro atoms. The zero-order valence-corrected chi connectivity index (χ0v) is 12.9. The summed E-state index contributed by atoms with van der Waals surface area (Å²) in [7, 11) is 0. The average molecular weight is 300 g/mol. The third-order valence-electron chi connectivity index (χ3n) is 4.30. The van der Waals surface area contributed by atoms with Crippen LogP contribution in [0.15, 0.2) is 42.5 Å². The second kappa shape index (κ2) is 5.53. The van der Waals surface area contributed by atoms with E-state index in [9.17, 15) is 4.79 Å². The number of halogens is 1. The maximum Gasteiger partial charge on any atom is 0.252 e. The Morgan fingerprint density at radius 3 is 2.71 bits per heavy atom. The summed E-state index contributed by atoms with van der Waals surface area (Å²) in [6, 6.07) is 13.8. The quantitative estimate of drug-likeness (QED) is 0.836. The number of carbonyl (C=O) groups excluding carboxylic acids is 1. The van der Waals surface area contributed by atoms with E-state index >= 15 is 0 Å². The van der Waals surface area contributed by atoms with Crippen molar-refractivity contribution in [3.63, 3.8) is 0 Å². The molecule has 108 valence electrons. The van der Waals surface area contributed by atoms with Gasteiger partial charge in [-0.25, -0.2) is 0 Å². The van der Waals surface area contributed by atoms with Gasteiger partial charge in [-0.15, -0.1) is 11.6 Å². The Labute approximate surface area is 130 Å². The maximum atomic E-state index is 12.6. The average Bonchev–Trinajstić information content (AvgIpc) is 2.78. The molecule has 2 nitrogen and oxygen atoms in total. The Balaban J connectivity index is 1.87. The van der Waals surface area contributed by atoms with Crippen LogP contribution in [0.5, 0.6) is 0 Å². The van der Waals surface area contributed by atoms with Crippen molar-refractivity contribution in [2.75, 3.05) is 0 Å². The van der Waals surface area contributed by atoms with Gasteiger partial charge < -0.3 is 5.32 Å². The Bertz CT molecular complexity index is 695. The Morgan fingerprint density at radius 1 is 1.14 bits per heavy atom. The fraction of sp³-hybridized carbons (Fsp3) is 0.278. The van der Waals surface area contributed by atoms with E-state index in [2.05, 4.69) is 11.4 Å². The molecule has 2 aromatic carbocycles. The van der Waals surface area contributed by atoms with Crippen LogP contribution in [0.1, 0.15) is 38.7 Å². The number of fused-ring (bicyclic) bond motifs is 1. The molecular weight excluding hydrogens is 282 g/mol. The van der Waals surface area contributed by atoms with E-state index in [4.69, 9.17) is 11.6 Å². The number of amides is 1. The van der Waals surface area contributed by atoms with Crippen LogP contribution < -0.4 is 5.32 Å². The van der Waals surface area contributed by atoms with Crippen molar-refractivity contribution in [3.05, 3.63) is 70.3 Å². The van der Waals surface area contributed by atoms with Gasteiger partial charge in [-0.1, -0.05) is 36.4 Å². The highest BCUT2D eigenvalue weighted by atomic mass is 35.5. The van der Waals surface area contributed by atoms with Gasteiger partial charge in [-0.05, 0) is 48.6 Å². The smallest absolute Gasteiger partial charge is 0.252 e. The van der Waals surface area contributed by atoms with Crippen molar-refractivity contribution in [1.82, 2.24) is 5.32 Å². The maximum absolute atomic E-state index is 12.6. The first-order valence-electron chi connectivity index (χ1n) is 7.17. The molecule has 0 fully saturated rings. The van der Waals surface area contributed by atoms with Gasteiger partial charge in [0.15, 0.2) is 0 Å². The van der Waals surface area contributed by atoms with Crippen molar-refractivity contribution in [2.24, 2.45) is 0 Å². The first kappa shape index (κ1) is 14.2.